The lowest BCUT2D eigenvalue weighted by molar-refractivity contribution is 0.570. The second-order valence-corrected chi connectivity index (χ2v) is 4.83. The fourth-order valence-electron chi connectivity index (χ4n) is 1.34. The summed E-state index contributed by atoms with van der Waals surface area (Å²) in [4.78, 5) is 1.48. The predicted octanol–water partition coefficient (Wildman–Crippen LogP) is 2.99. The standard InChI is InChI=1S/C11H19NS/c1-9(2)12-7-4-5-11-6-8-13-10(11)3/h6,8-9,12H,4-5,7H2,1-3H3. The third kappa shape index (κ3) is 3.92. The maximum absolute atomic E-state index is 3.43. The third-order valence-corrected chi connectivity index (χ3v) is 3.03. The monoisotopic (exact) mass is 197 g/mol. The van der Waals surface area contributed by atoms with Crippen LogP contribution in [-0.4, -0.2) is 12.6 Å². The van der Waals surface area contributed by atoms with E-state index in [1.54, 1.807) is 0 Å². The molecule has 1 aromatic rings. The molecule has 0 atom stereocenters. The molecule has 13 heavy (non-hydrogen) atoms. The number of hydrogen-bond donors (Lipinski definition) is 1. The van der Waals surface area contributed by atoms with Gasteiger partial charge in [-0.25, -0.2) is 0 Å². The maximum atomic E-state index is 3.43. The zero-order valence-corrected chi connectivity index (χ0v) is 9.58. The van der Waals surface area contributed by atoms with E-state index in [4.69, 9.17) is 0 Å². The van der Waals surface area contributed by atoms with Crippen molar-refractivity contribution < 1.29 is 0 Å². The zero-order chi connectivity index (χ0) is 9.68. The molecule has 0 spiro atoms. The van der Waals surface area contributed by atoms with Crippen molar-refractivity contribution in [3.8, 4) is 0 Å². The summed E-state index contributed by atoms with van der Waals surface area (Å²) in [5, 5.41) is 5.61. The van der Waals surface area contributed by atoms with Gasteiger partial charge in [-0.1, -0.05) is 13.8 Å². The van der Waals surface area contributed by atoms with E-state index >= 15 is 0 Å². The molecule has 0 amide bonds. The topological polar surface area (TPSA) is 12.0 Å². The molecule has 0 aliphatic carbocycles. The first kappa shape index (κ1) is 10.7. The molecule has 2 heteroatoms. The Hall–Kier alpha value is -0.340. The number of hydrogen-bond acceptors (Lipinski definition) is 2. The van der Waals surface area contributed by atoms with Gasteiger partial charge in [0, 0.05) is 10.9 Å². The molecule has 0 radical (unpaired) electrons. The SMILES string of the molecule is Cc1sccc1CCCNC(C)C. The predicted molar refractivity (Wildman–Crippen MR) is 60.5 cm³/mol. The fourth-order valence-corrected chi connectivity index (χ4v) is 2.10. The lowest BCUT2D eigenvalue weighted by Crippen LogP contribution is -2.23. The minimum Gasteiger partial charge on any atom is -0.315 e. The summed E-state index contributed by atoms with van der Waals surface area (Å²) in [6.45, 7) is 7.72. The minimum absolute atomic E-state index is 0.614. The van der Waals surface area contributed by atoms with Gasteiger partial charge in [0.25, 0.3) is 0 Å². The van der Waals surface area contributed by atoms with Crippen molar-refractivity contribution in [3.63, 3.8) is 0 Å². The Morgan fingerprint density at radius 2 is 2.23 bits per heavy atom. The molecular weight excluding hydrogens is 178 g/mol. The van der Waals surface area contributed by atoms with Crippen LogP contribution in [0.1, 0.15) is 30.7 Å². The minimum atomic E-state index is 0.614. The smallest absolute Gasteiger partial charge is 0.00461 e. The van der Waals surface area contributed by atoms with Crippen molar-refractivity contribution in [2.75, 3.05) is 6.54 Å². The zero-order valence-electron chi connectivity index (χ0n) is 8.76. The second kappa shape index (κ2) is 5.40. The lowest BCUT2D eigenvalue weighted by atomic mass is 10.1. The van der Waals surface area contributed by atoms with E-state index in [2.05, 4.69) is 37.5 Å². The third-order valence-electron chi connectivity index (χ3n) is 2.14. The Morgan fingerprint density at radius 1 is 1.46 bits per heavy atom. The molecule has 1 N–H and O–H groups in total. The molecular formula is C11H19NS. The van der Waals surface area contributed by atoms with E-state index in [0.29, 0.717) is 6.04 Å². The number of rotatable bonds is 5. The van der Waals surface area contributed by atoms with Gasteiger partial charge in [0.15, 0.2) is 0 Å². The average molecular weight is 197 g/mol. The van der Waals surface area contributed by atoms with Crippen molar-refractivity contribution in [2.24, 2.45) is 0 Å². The van der Waals surface area contributed by atoms with Crippen LogP contribution in [0.25, 0.3) is 0 Å². The van der Waals surface area contributed by atoms with Crippen LogP contribution in [0.15, 0.2) is 11.4 Å². The molecule has 0 aliphatic rings. The highest BCUT2D eigenvalue weighted by molar-refractivity contribution is 7.10. The van der Waals surface area contributed by atoms with E-state index in [0.717, 1.165) is 6.54 Å². The molecule has 0 saturated carbocycles. The summed E-state index contributed by atoms with van der Waals surface area (Å²) >= 11 is 1.85. The van der Waals surface area contributed by atoms with Gasteiger partial charge in [0.05, 0.1) is 0 Å². The first-order valence-corrected chi connectivity index (χ1v) is 5.84. The normalized spacial score (nSPS) is 11.1. The molecule has 0 aliphatic heterocycles. The van der Waals surface area contributed by atoms with E-state index in [1.165, 1.54) is 23.3 Å². The van der Waals surface area contributed by atoms with Crippen LogP contribution < -0.4 is 5.32 Å². The summed E-state index contributed by atoms with van der Waals surface area (Å²) < 4.78 is 0. The van der Waals surface area contributed by atoms with Gasteiger partial charge in [-0.2, -0.15) is 0 Å². The van der Waals surface area contributed by atoms with Crippen molar-refractivity contribution in [2.45, 2.75) is 39.7 Å². The number of nitrogens with one attached hydrogen (secondary N) is 1. The average Bonchev–Trinajstić information content (AvgIpc) is 2.45. The van der Waals surface area contributed by atoms with E-state index in [1.807, 2.05) is 11.3 Å². The molecule has 1 nitrogen and oxygen atoms in total. The summed E-state index contributed by atoms with van der Waals surface area (Å²) in [5.41, 5.74) is 1.52. The highest BCUT2D eigenvalue weighted by Gasteiger charge is 1.98. The Labute approximate surface area is 85.2 Å². The molecule has 0 saturated heterocycles. The molecule has 74 valence electrons. The maximum Gasteiger partial charge on any atom is 0.00461 e. The first-order valence-electron chi connectivity index (χ1n) is 4.96. The molecule has 1 rings (SSSR count). The Kier molecular flexibility index (Phi) is 4.46. The molecule has 1 aromatic heterocycles. The second-order valence-electron chi connectivity index (χ2n) is 3.71. The van der Waals surface area contributed by atoms with Gasteiger partial charge >= 0.3 is 0 Å². The number of aryl methyl sites for hydroxylation is 2. The van der Waals surface area contributed by atoms with Gasteiger partial charge in [0.2, 0.25) is 0 Å². The quantitative estimate of drug-likeness (QED) is 0.716. The van der Waals surface area contributed by atoms with Crippen LogP contribution in [0.5, 0.6) is 0 Å². The first-order chi connectivity index (χ1) is 6.20. The lowest BCUT2D eigenvalue weighted by Gasteiger charge is -2.07. The number of thiophene rings is 1. The Balaban J connectivity index is 2.17. The van der Waals surface area contributed by atoms with Gasteiger partial charge in [-0.05, 0) is 43.3 Å². The fraction of sp³-hybridized carbons (Fsp3) is 0.636. The van der Waals surface area contributed by atoms with Crippen LogP contribution in [0, 0.1) is 6.92 Å². The molecule has 0 aromatic carbocycles. The van der Waals surface area contributed by atoms with Gasteiger partial charge in [-0.3, -0.25) is 0 Å². The summed E-state index contributed by atoms with van der Waals surface area (Å²) in [6.07, 6.45) is 2.46. The van der Waals surface area contributed by atoms with Gasteiger partial charge < -0.3 is 5.32 Å². The van der Waals surface area contributed by atoms with Crippen molar-refractivity contribution in [1.29, 1.82) is 0 Å². The van der Waals surface area contributed by atoms with Crippen molar-refractivity contribution in [3.05, 3.63) is 21.9 Å². The molecule has 1 heterocycles. The van der Waals surface area contributed by atoms with Gasteiger partial charge in [-0.15, -0.1) is 11.3 Å². The summed E-state index contributed by atoms with van der Waals surface area (Å²) in [7, 11) is 0. The van der Waals surface area contributed by atoms with Crippen LogP contribution in [-0.2, 0) is 6.42 Å². The van der Waals surface area contributed by atoms with Crippen molar-refractivity contribution in [1.82, 2.24) is 5.32 Å². The van der Waals surface area contributed by atoms with Crippen LogP contribution in [0.2, 0.25) is 0 Å². The van der Waals surface area contributed by atoms with E-state index in [9.17, 15) is 0 Å². The highest BCUT2D eigenvalue weighted by atomic mass is 32.1. The van der Waals surface area contributed by atoms with Crippen LogP contribution >= 0.6 is 11.3 Å². The summed E-state index contributed by atoms with van der Waals surface area (Å²) in [5.74, 6) is 0. The van der Waals surface area contributed by atoms with Crippen LogP contribution in [0.3, 0.4) is 0 Å². The van der Waals surface area contributed by atoms with E-state index in [-0.39, 0.29) is 0 Å². The molecule has 0 fully saturated rings. The Morgan fingerprint density at radius 3 is 2.77 bits per heavy atom. The van der Waals surface area contributed by atoms with Gasteiger partial charge in [0.1, 0.15) is 0 Å². The Bertz CT molecular complexity index is 240. The molecule has 0 bridgehead atoms. The highest BCUT2D eigenvalue weighted by Crippen LogP contribution is 2.16. The van der Waals surface area contributed by atoms with Crippen molar-refractivity contribution >= 4 is 11.3 Å². The van der Waals surface area contributed by atoms with Crippen LogP contribution in [0.4, 0.5) is 0 Å². The summed E-state index contributed by atoms with van der Waals surface area (Å²) in [6, 6.07) is 2.86. The molecule has 0 unspecified atom stereocenters. The largest absolute Gasteiger partial charge is 0.315 e. The van der Waals surface area contributed by atoms with E-state index < -0.39 is 0 Å².